The van der Waals surface area contributed by atoms with Gasteiger partial charge in [-0.2, -0.15) is 0 Å². The standard InChI is InChI=1S/C22H25N7O5/c1-22(32-13-11-31-12-14-33-22)21(30)24-18-10-6-9-17(23-18)15-34-26-19(16-7-4-3-5-8-16)20-25-27-28-29(20)2/h3-10H,11-15H2,1-2H3,(H,23,24,30). The van der Waals surface area contributed by atoms with Gasteiger partial charge in [-0.05, 0) is 29.5 Å². The number of rotatable bonds is 7. The third kappa shape index (κ3) is 5.78. The average Bonchev–Trinajstić information content (AvgIpc) is 3.25. The molecule has 1 aliphatic rings. The molecule has 0 unspecified atom stereocenters. The van der Waals surface area contributed by atoms with Crippen LogP contribution in [0.4, 0.5) is 5.82 Å². The minimum Gasteiger partial charge on any atom is -0.389 e. The summed E-state index contributed by atoms with van der Waals surface area (Å²) in [6.45, 7) is 2.91. The van der Waals surface area contributed by atoms with Crippen molar-refractivity contribution in [2.45, 2.75) is 19.3 Å². The van der Waals surface area contributed by atoms with Gasteiger partial charge in [0.1, 0.15) is 5.82 Å². The molecule has 0 saturated carbocycles. The molecule has 1 fully saturated rings. The summed E-state index contributed by atoms with van der Waals surface area (Å²) in [5.74, 6) is -1.10. The van der Waals surface area contributed by atoms with E-state index in [1.807, 2.05) is 30.3 Å². The van der Waals surface area contributed by atoms with Gasteiger partial charge in [0.05, 0.1) is 32.1 Å². The lowest BCUT2D eigenvalue weighted by Crippen LogP contribution is -2.47. The highest BCUT2D eigenvalue weighted by Crippen LogP contribution is 2.18. The molecule has 1 amide bonds. The Morgan fingerprint density at radius 2 is 1.88 bits per heavy atom. The molecule has 1 saturated heterocycles. The van der Waals surface area contributed by atoms with Crippen LogP contribution in [0, 0.1) is 0 Å². The van der Waals surface area contributed by atoms with Crippen molar-refractivity contribution in [3.8, 4) is 0 Å². The molecule has 0 spiro atoms. The van der Waals surface area contributed by atoms with E-state index >= 15 is 0 Å². The van der Waals surface area contributed by atoms with Crippen LogP contribution in [0.5, 0.6) is 0 Å². The van der Waals surface area contributed by atoms with Gasteiger partial charge in [0.2, 0.25) is 11.6 Å². The zero-order valence-corrected chi connectivity index (χ0v) is 18.9. The number of carbonyl (C=O) groups excluding carboxylic acids is 1. The summed E-state index contributed by atoms with van der Waals surface area (Å²) in [6, 6.07) is 14.6. The van der Waals surface area contributed by atoms with Crippen molar-refractivity contribution in [1.82, 2.24) is 25.2 Å². The number of ether oxygens (including phenoxy) is 3. The number of benzene rings is 1. The number of tetrazole rings is 1. The Balaban J connectivity index is 1.44. The largest absolute Gasteiger partial charge is 0.389 e. The van der Waals surface area contributed by atoms with E-state index in [1.165, 1.54) is 4.68 Å². The number of anilines is 1. The summed E-state index contributed by atoms with van der Waals surface area (Å²) < 4.78 is 17.9. The highest BCUT2D eigenvalue weighted by molar-refractivity contribution is 6.10. The molecule has 0 bridgehead atoms. The Hall–Kier alpha value is -3.74. The summed E-state index contributed by atoms with van der Waals surface area (Å²) in [7, 11) is 1.72. The molecule has 12 nitrogen and oxygen atoms in total. The van der Waals surface area contributed by atoms with Crippen molar-refractivity contribution in [2.75, 3.05) is 31.7 Å². The molecule has 178 valence electrons. The summed E-state index contributed by atoms with van der Waals surface area (Å²) in [6.07, 6.45) is 0. The van der Waals surface area contributed by atoms with Crippen molar-refractivity contribution < 1.29 is 23.8 Å². The maximum absolute atomic E-state index is 12.8. The normalized spacial score (nSPS) is 16.4. The van der Waals surface area contributed by atoms with Gasteiger partial charge in [0.15, 0.2) is 12.3 Å². The topological polar surface area (TPSA) is 135 Å². The van der Waals surface area contributed by atoms with Gasteiger partial charge in [-0.1, -0.05) is 41.6 Å². The van der Waals surface area contributed by atoms with Crippen LogP contribution in [0.1, 0.15) is 24.0 Å². The van der Waals surface area contributed by atoms with Crippen molar-refractivity contribution >= 4 is 17.4 Å². The number of aromatic nitrogens is 5. The zero-order chi connectivity index (χ0) is 23.8. The second-order valence-electron chi connectivity index (χ2n) is 7.43. The third-order valence-corrected chi connectivity index (χ3v) is 4.92. The summed E-state index contributed by atoms with van der Waals surface area (Å²) in [5, 5.41) is 18.6. The smallest absolute Gasteiger partial charge is 0.285 e. The molecule has 3 aromatic rings. The van der Waals surface area contributed by atoms with Crippen molar-refractivity contribution in [2.24, 2.45) is 12.2 Å². The quantitative estimate of drug-likeness (QED) is 0.403. The first-order valence-corrected chi connectivity index (χ1v) is 10.7. The van der Waals surface area contributed by atoms with E-state index in [1.54, 1.807) is 32.2 Å². The Morgan fingerprint density at radius 1 is 1.12 bits per heavy atom. The first kappa shape index (κ1) is 23.4. The lowest BCUT2D eigenvalue weighted by atomic mass is 10.1. The lowest BCUT2D eigenvalue weighted by Gasteiger charge is -2.30. The molecule has 1 aliphatic heterocycles. The summed E-state index contributed by atoms with van der Waals surface area (Å²) in [4.78, 5) is 22.8. The number of oxime groups is 1. The molecular formula is C22H25N7O5. The van der Waals surface area contributed by atoms with Crippen molar-refractivity contribution in [1.29, 1.82) is 0 Å². The molecule has 0 radical (unpaired) electrons. The Bertz CT molecular complexity index is 1130. The monoisotopic (exact) mass is 467 g/mol. The van der Waals surface area contributed by atoms with Gasteiger partial charge >= 0.3 is 0 Å². The second-order valence-corrected chi connectivity index (χ2v) is 7.43. The number of hydrogen-bond acceptors (Lipinski definition) is 10. The van der Waals surface area contributed by atoms with E-state index < -0.39 is 11.7 Å². The molecule has 3 heterocycles. The van der Waals surface area contributed by atoms with Gasteiger partial charge in [-0.3, -0.25) is 4.79 Å². The highest BCUT2D eigenvalue weighted by atomic mass is 16.7. The number of amides is 1. The Kier molecular flexibility index (Phi) is 7.52. The van der Waals surface area contributed by atoms with Gasteiger partial charge in [-0.25, -0.2) is 9.67 Å². The van der Waals surface area contributed by atoms with E-state index in [0.29, 0.717) is 36.3 Å². The maximum atomic E-state index is 12.8. The van der Waals surface area contributed by atoms with Crippen LogP contribution in [0.25, 0.3) is 0 Å². The molecule has 1 N–H and O–H groups in total. The van der Waals surface area contributed by atoms with E-state index in [2.05, 4.69) is 31.0 Å². The van der Waals surface area contributed by atoms with Gasteiger partial charge in [0.25, 0.3) is 5.91 Å². The highest BCUT2D eigenvalue weighted by Gasteiger charge is 2.36. The lowest BCUT2D eigenvalue weighted by molar-refractivity contribution is -0.237. The first-order valence-electron chi connectivity index (χ1n) is 10.7. The van der Waals surface area contributed by atoms with E-state index in [9.17, 15) is 4.79 Å². The third-order valence-electron chi connectivity index (χ3n) is 4.92. The molecular weight excluding hydrogens is 442 g/mol. The Morgan fingerprint density at radius 3 is 2.59 bits per heavy atom. The van der Waals surface area contributed by atoms with E-state index in [0.717, 1.165) is 5.56 Å². The molecule has 4 rings (SSSR count). The average molecular weight is 467 g/mol. The molecule has 2 aromatic heterocycles. The number of nitrogens with one attached hydrogen (secondary N) is 1. The second kappa shape index (κ2) is 10.9. The number of pyridine rings is 1. The molecule has 0 aliphatic carbocycles. The summed E-state index contributed by atoms with van der Waals surface area (Å²) in [5.41, 5.74) is 1.84. The van der Waals surface area contributed by atoms with Crippen LogP contribution >= 0.6 is 0 Å². The Labute approximate surface area is 195 Å². The zero-order valence-electron chi connectivity index (χ0n) is 18.9. The number of aryl methyl sites for hydroxylation is 1. The van der Waals surface area contributed by atoms with Crippen molar-refractivity contribution in [3.63, 3.8) is 0 Å². The van der Waals surface area contributed by atoms with E-state index in [4.69, 9.17) is 19.0 Å². The number of hydrogen-bond donors (Lipinski definition) is 1. The minimum absolute atomic E-state index is 0.0624. The van der Waals surface area contributed by atoms with Crippen LogP contribution in [-0.4, -0.2) is 69.0 Å². The SMILES string of the molecule is Cn1nnnc1C(=NOCc1cccc(NC(=O)C2(C)OCCOCCO2)n1)c1ccccc1. The van der Waals surface area contributed by atoms with Crippen LogP contribution < -0.4 is 5.32 Å². The van der Waals surface area contributed by atoms with Crippen molar-refractivity contribution in [3.05, 3.63) is 65.6 Å². The first-order chi connectivity index (χ1) is 16.5. The van der Waals surface area contributed by atoms with Gasteiger partial charge in [-0.15, -0.1) is 5.10 Å². The molecule has 0 atom stereocenters. The number of carbonyl (C=O) groups is 1. The fourth-order valence-corrected chi connectivity index (χ4v) is 3.14. The molecule has 12 heteroatoms. The van der Waals surface area contributed by atoms with Crippen LogP contribution in [-0.2, 0) is 37.5 Å². The fraction of sp³-hybridized carbons (Fsp3) is 0.364. The van der Waals surface area contributed by atoms with Gasteiger partial charge in [0, 0.05) is 12.6 Å². The fourth-order valence-electron chi connectivity index (χ4n) is 3.14. The molecule has 1 aromatic carbocycles. The summed E-state index contributed by atoms with van der Waals surface area (Å²) >= 11 is 0. The predicted octanol–water partition coefficient (Wildman–Crippen LogP) is 1.29. The maximum Gasteiger partial charge on any atom is 0.285 e. The van der Waals surface area contributed by atoms with Crippen LogP contribution in [0.15, 0.2) is 53.7 Å². The van der Waals surface area contributed by atoms with Crippen LogP contribution in [0.2, 0.25) is 0 Å². The number of nitrogens with zero attached hydrogens (tertiary/aromatic N) is 6. The predicted molar refractivity (Wildman–Crippen MR) is 120 cm³/mol. The van der Waals surface area contributed by atoms with E-state index in [-0.39, 0.29) is 19.8 Å². The molecule has 34 heavy (non-hydrogen) atoms. The minimum atomic E-state index is -1.43. The van der Waals surface area contributed by atoms with Gasteiger partial charge < -0.3 is 24.4 Å². The van der Waals surface area contributed by atoms with Crippen LogP contribution in [0.3, 0.4) is 0 Å².